The summed E-state index contributed by atoms with van der Waals surface area (Å²) >= 11 is 0. The van der Waals surface area contributed by atoms with Crippen LogP contribution in [-0.2, 0) is 21.5 Å². The third kappa shape index (κ3) is 4.45. The molecular weight excluding hydrogens is 533 g/mol. The number of rotatable bonds is 5. The number of primary amides is 1. The zero-order chi connectivity index (χ0) is 31.1. The first-order valence-electron chi connectivity index (χ1n) is 13.6. The molecule has 0 bridgehead atoms. The highest BCUT2D eigenvalue weighted by Crippen LogP contribution is 2.53. The lowest BCUT2D eigenvalue weighted by atomic mass is 9.58. The molecule has 1 amide bonds. The smallest absolute Gasteiger partial charge is 0.255 e. The minimum atomic E-state index is -2.74. The number of benzene rings is 1. The second-order valence-electron chi connectivity index (χ2n) is 13.5. The molecule has 10 nitrogen and oxygen atoms in total. The van der Waals surface area contributed by atoms with E-state index in [1.807, 2.05) is 25.8 Å². The Morgan fingerprint density at radius 2 is 1.71 bits per heavy atom. The fourth-order valence-electron chi connectivity index (χ4n) is 6.85. The van der Waals surface area contributed by atoms with Crippen LogP contribution in [0.15, 0.2) is 28.7 Å². The van der Waals surface area contributed by atoms with Gasteiger partial charge in [0.1, 0.15) is 28.7 Å². The zero-order valence-corrected chi connectivity index (χ0v) is 24.8. The fourth-order valence-corrected chi connectivity index (χ4v) is 6.85. The molecule has 41 heavy (non-hydrogen) atoms. The SMILES string of the molecule is CN(C)[C@@H]1C(O)=C(C(N)=O)C(=O)[C@@]2(O)C(O)=C3C(=O)c4c(O)cc(C(C)(C)N(C)CC(C)(C)C)c(F)c4C[C@H]3C[C@@H]12. The summed E-state index contributed by atoms with van der Waals surface area (Å²) in [6.07, 6.45) is -0.218. The number of aliphatic hydroxyl groups excluding tert-OH is 2. The van der Waals surface area contributed by atoms with Crippen LogP contribution < -0.4 is 5.73 Å². The molecule has 3 aliphatic rings. The quantitative estimate of drug-likeness (QED) is 0.333. The van der Waals surface area contributed by atoms with Crippen LogP contribution >= 0.6 is 0 Å². The summed E-state index contributed by atoms with van der Waals surface area (Å²) in [6, 6.07) is 0.0958. The van der Waals surface area contributed by atoms with E-state index in [9.17, 15) is 34.8 Å². The molecule has 0 unspecified atom stereocenters. The van der Waals surface area contributed by atoms with E-state index >= 15 is 4.39 Å². The molecule has 3 aliphatic carbocycles. The Morgan fingerprint density at radius 1 is 1.12 bits per heavy atom. The van der Waals surface area contributed by atoms with Crippen LogP contribution in [0.2, 0.25) is 0 Å². The van der Waals surface area contributed by atoms with Crippen LogP contribution in [0.5, 0.6) is 5.75 Å². The van der Waals surface area contributed by atoms with Gasteiger partial charge in [-0.1, -0.05) is 20.8 Å². The number of hydrogen-bond donors (Lipinski definition) is 5. The van der Waals surface area contributed by atoms with Crippen molar-refractivity contribution in [1.82, 2.24) is 9.80 Å². The zero-order valence-electron chi connectivity index (χ0n) is 24.8. The normalized spacial score (nSPS) is 26.9. The number of halogens is 1. The molecule has 1 aromatic carbocycles. The van der Waals surface area contributed by atoms with E-state index in [-0.39, 0.29) is 40.5 Å². The minimum absolute atomic E-state index is 0.0182. The first kappa shape index (κ1) is 30.7. The Bertz CT molecular complexity index is 1420. The number of aliphatic hydroxyl groups is 3. The summed E-state index contributed by atoms with van der Waals surface area (Å²) in [4.78, 5) is 42.7. The molecule has 4 atom stereocenters. The number of carbonyl (C=O) groups is 3. The van der Waals surface area contributed by atoms with Crippen molar-refractivity contribution in [2.75, 3.05) is 27.7 Å². The number of phenols is 1. The molecule has 0 saturated heterocycles. The fraction of sp³-hybridized carbons (Fsp3) is 0.567. The lowest BCUT2D eigenvalue weighted by Gasteiger charge is -2.50. The van der Waals surface area contributed by atoms with E-state index in [1.165, 1.54) is 11.0 Å². The van der Waals surface area contributed by atoms with Crippen molar-refractivity contribution < 1.29 is 39.2 Å². The lowest BCUT2D eigenvalue weighted by Crippen LogP contribution is -2.63. The van der Waals surface area contributed by atoms with Gasteiger partial charge < -0.3 is 26.2 Å². The van der Waals surface area contributed by atoms with Gasteiger partial charge in [-0.3, -0.25) is 24.2 Å². The van der Waals surface area contributed by atoms with Gasteiger partial charge in [0.25, 0.3) is 5.91 Å². The van der Waals surface area contributed by atoms with Crippen molar-refractivity contribution in [3.63, 3.8) is 0 Å². The Morgan fingerprint density at radius 3 is 2.22 bits per heavy atom. The van der Waals surface area contributed by atoms with E-state index < -0.39 is 75.1 Å². The number of nitrogens with two attached hydrogens (primary N) is 1. The molecule has 4 rings (SSSR count). The topological polar surface area (TPSA) is 165 Å². The van der Waals surface area contributed by atoms with E-state index in [2.05, 4.69) is 20.8 Å². The van der Waals surface area contributed by atoms with E-state index in [4.69, 9.17) is 5.73 Å². The van der Waals surface area contributed by atoms with Gasteiger partial charge in [-0.15, -0.1) is 0 Å². The predicted molar refractivity (Wildman–Crippen MR) is 149 cm³/mol. The molecule has 11 heteroatoms. The van der Waals surface area contributed by atoms with Crippen LogP contribution in [-0.4, -0.2) is 87.0 Å². The monoisotopic (exact) mass is 573 g/mol. The molecule has 6 N–H and O–H groups in total. The first-order chi connectivity index (χ1) is 18.7. The van der Waals surface area contributed by atoms with Crippen molar-refractivity contribution in [1.29, 1.82) is 0 Å². The molecule has 1 aromatic rings. The standard InChI is InChI=1S/C30H40FN3O7/c1-28(2,3)12-34(8)29(4,5)15-11-17(35)19-14(21(15)31)9-13-10-16-22(33(6)7)24(37)20(27(32)40)26(39)30(16,41)25(38)18(13)23(19)36/h11,13,16,22,35,37-38,41H,9-10,12H2,1-8H3,(H2,32,40)/t13-,16-,22-,30-/m0/s1. The number of allylic oxidation sites excluding steroid dienone is 1. The van der Waals surface area contributed by atoms with E-state index in [0.717, 1.165) is 0 Å². The highest BCUT2D eigenvalue weighted by Gasteiger charge is 2.63. The number of Topliss-reactive ketones (excluding diaryl/α,β-unsaturated/α-hetero) is 2. The van der Waals surface area contributed by atoms with Gasteiger partial charge in [0.2, 0.25) is 5.78 Å². The van der Waals surface area contributed by atoms with Crippen LogP contribution in [0.1, 0.15) is 62.5 Å². The summed E-state index contributed by atoms with van der Waals surface area (Å²) in [7, 11) is 4.95. The third-order valence-electron chi connectivity index (χ3n) is 8.98. The van der Waals surface area contributed by atoms with Crippen molar-refractivity contribution in [3.05, 3.63) is 51.2 Å². The van der Waals surface area contributed by atoms with Crippen molar-refractivity contribution in [3.8, 4) is 5.75 Å². The molecular formula is C30H40FN3O7. The maximum Gasteiger partial charge on any atom is 0.255 e. The highest BCUT2D eigenvalue weighted by molar-refractivity contribution is 6.24. The van der Waals surface area contributed by atoms with Crippen molar-refractivity contribution in [2.24, 2.45) is 23.0 Å². The van der Waals surface area contributed by atoms with Gasteiger partial charge in [0, 0.05) is 34.7 Å². The van der Waals surface area contributed by atoms with Crippen LogP contribution in [0.25, 0.3) is 0 Å². The number of amides is 1. The summed E-state index contributed by atoms with van der Waals surface area (Å²) < 4.78 is 16.4. The largest absolute Gasteiger partial charge is 0.510 e. The number of aromatic hydroxyl groups is 1. The van der Waals surface area contributed by atoms with Crippen molar-refractivity contribution >= 4 is 17.5 Å². The summed E-state index contributed by atoms with van der Waals surface area (Å²) in [6.45, 7) is 10.4. The summed E-state index contributed by atoms with van der Waals surface area (Å²) in [5.74, 6) is -8.33. The van der Waals surface area contributed by atoms with Gasteiger partial charge in [0.15, 0.2) is 11.4 Å². The van der Waals surface area contributed by atoms with Gasteiger partial charge in [0.05, 0.1) is 11.6 Å². The van der Waals surface area contributed by atoms with Crippen molar-refractivity contribution in [2.45, 2.75) is 64.6 Å². The maximum atomic E-state index is 16.4. The Hall–Kier alpha value is -3.28. The Kier molecular flexibility index (Phi) is 7.21. The molecule has 0 fully saturated rings. The molecule has 0 spiro atoms. The van der Waals surface area contributed by atoms with Crippen LogP contribution in [0, 0.1) is 23.1 Å². The number of nitrogens with zero attached hydrogens (tertiary/aromatic N) is 2. The van der Waals surface area contributed by atoms with E-state index in [1.54, 1.807) is 14.1 Å². The number of ketones is 2. The van der Waals surface area contributed by atoms with Gasteiger partial charge in [-0.25, -0.2) is 4.39 Å². The molecule has 224 valence electrons. The summed E-state index contributed by atoms with van der Waals surface area (Å²) in [5.41, 5.74) is 0.277. The molecule has 0 saturated carbocycles. The highest BCUT2D eigenvalue weighted by atomic mass is 19.1. The number of fused-ring (bicyclic) bond motifs is 3. The molecule has 0 heterocycles. The predicted octanol–water partition coefficient (Wildman–Crippen LogP) is 2.47. The third-order valence-corrected chi connectivity index (χ3v) is 8.98. The number of likely N-dealkylation sites (N-methyl/N-ethyl adjacent to an activating group) is 1. The minimum Gasteiger partial charge on any atom is -0.510 e. The molecule has 0 radical (unpaired) electrons. The van der Waals surface area contributed by atoms with Crippen LogP contribution in [0.4, 0.5) is 4.39 Å². The van der Waals surface area contributed by atoms with Gasteiger partial charge in [-0.05, 0) is 65.2 Å². The number of hydrogen-bond acceptors (Lipinski definition) is 9. The average Bonchev–Trinajstić information content (AvgIpc) is 2.81. The Balaban J connectivity index is 1.90. The van der Waals surface area contributed by atoms with Gasteiger partial charge in [-0.2, -0.15) is 0 Å². The van der Waals surface area contributed by atoms with E-state index in [0.29, 0.717) is 6.54 Å². The maximum absolute atomic E-state index is 16.4. The van der Waals surface area contributed by atoms with Gasteiger partial charge >= 0.3 is 0 Å². The first-order valence-corrected chi connectivity index (χ1v) is 13.6. The second kappa shape index (κ2) is 9.64. The molecule has 0 aromatic heterocycles. The number of carbonyl (C=O) groups excluding carboxylic acids is 3. The average molecular weight is 574 g/mol. The summed E-state index contributed by atoms with van der Waals surface area (Å²) in [5, 5.41) is 45.0. The lowest BCUT2D eigenvalue weighted by molar-refractivity contribution is -0.148. The number of phenolic OH excluding ortho intramolecular Hbond substituents is 1. The van der Waals surface area contributed by atoms with Crippen LogP contribution in [0.3, 0.4) is 0 Å². The molecule has 0 aliphatic heterocycles. The Labute approximate surface area is 238 Å². The second-order valence-corrected chi connectivity index (χ2v) is 13.5.